The molecule has 5 nitrogen and oxygen atoms in total. The van der Waals surface area contributed by atoms with Crippen LogP contribution in [0.15, 0.2) is 30.3 Å². The second-order valence-electron chi connectivity index (χ2n) is 3.35. The van der Waals surface area contributed by atoms with Crippen LogP contribution in [0.5, 0.6) is 0 Å². The van der Waals surface area contributed by atoms with Crippen molar-refractivity contribution in [2.24, 2.45) is 5.73 Å². The van der Waals surface area contributed by atoms with Gasteiger partial charge in [-0.1, -0.05) is 30.3 Å². The minimum Gasteiger partial charge on any atom is -0.480 e. The molecule has 0 bridgehead atoms. The Morgan fingerprint density at radius 1 is 1.29 bits per heavy atom. The molecule has 0 unspecified atom stereocenters. The summed E-state index contributed by atoms with van der Waals surface area (Å²) in [5.74, 6) is -1.53. The maximum atomic E-state index is 11.0. The fraction of sp³-hybridized carbons (Fsp3) is 0.273. The van der Waals surface area contributed by atoms with Crippen molar-refractivity contribution in [1.29, 1.82) is 0 Å². The minimum absolute atomic E-state index is 0. The van der Waals surface area contributed by atoms with Crippen molar-refractivity contribution < 1.29 is 14.7 Å². The second kappa shape index (κ2) is 7.65. The number of amides is 1. The van der Waals surface area contributed by atoms with Crippen LogP contribution < -0.4 is 11.1 Å². The van der Waals surface area contributed by atoms with Gasteiger partial charge >= 0.3 is 5.97 Å². The maximum Gasteiger partial charge on any atom is 0.326 e. The Kier molecular flexibility index (Phi) is 6.93. The highest BCUT2D eigenvalue weighted by Crippen LogP contribution is 2.03. The Labute approximate surface area is 105 Å². The standard InChI is InChI=1S/C11H14N2O3.ClH/c12-7-10(14)13-9(11(15)16)6-8-4-2-1-3-5-8;/h1-5,9H,6-7,12H2,(H,13,14)(H,15,16);1H/t9-;/m0./s1. The zero-order valence-electron chi connectivity index (χ0n) is 9.13. The van der Waals surface area contributed by atoms with Crippen molar-refractivity contribution in [2.75, 3.05) is 6.54 Å². The molecular weight excluding hydrogens is 244 g/mol. The van der Waals surface area contributed by atoms with Gasteiger partial charge in [0.05, 0.1) is 6.54 Å². The lowest BCUT2D eigenvalue weighted by Gasteiger charge is -2.13. The van der Waals surface area contributed by atoms with Crippen LogP contribution in [-0.2, 0) is 16.0 Å². The van der Waals surface area contributed by atoms with Gasteiger partial charge in [-0.25, -0.2) is 4.79 Å². The Morgan fingerprint density at radius 3 is 2.35 bits per heavy atom. The number of hydrogen-bond donors (Lipinski definition) is 3. The Hall–Kier alpha value is -1.59. The number of rotatable bonds is 5. The summed E-state index contributed by atoms with van der Waals surface area (Å²) in [5, 5.41) is 11.3. The van der Waals surface area contributed by atoms with E-state index in [1.165, 1.54) is 0 Å². The number of carbonyl (C=O) groups excluding carboxylic acids is 1. The third-order valence-corrected chi connectivity index (χ3v) is 2.10. The number of nitrogens with one attached hydrogen (secondary N) is 1. The molecule has 0 aliphatic heterocycles. The molecule has 1 aromatic carbocycles. The quantitative estimate of drug-likeness (QED) is 0.702. The molecule has 0 spiro atoms. The Morgan fingerprint density at radius 2 is 1.88 bits per heavy atom. The molecule has 0 fully saturated rings. The predicted molar refractivity (Wildman–Crippen MR) is 66.0 cm³/mol. The van der Waals surface area contributed by atoms with E-state index in [0.29, 0.717) is 0 Å². The van der Waals surface area contributed by atoms with Crippen LogP contribution >= 0.6 is 12.4 Å². The lowest BCUT2D eigenvalue weighted by Crippen LogP contribution is -2.44. The molecule has 0 saturated heterocycles. The van der Waals surface area contributed by atoms with E-state index >= 15 is 0 Å². The number of carboxylic acid groups (broad SMARTS) is 1. The third kappa shape index (κ3) is 5.33. The largest absolute Gasteiger partial charge is 0.480 e. The molecule has 0 aromatic heterocycles. The van der Waals surface area contributed by atoms with Crippen molar-refractivity contribution in [3.63, 3.8) is 0 Å². The summed E-state index contributed by atoms with van der Waals surface area (Å²) >= 11 is 0. The van der Waals surface area contributed by atoms with Gasteiger partial charge in [-0.15, -0.1) is 12.4 Å². The number of benzene rings is 1. The second-order valence-corrected chi connectivity index (χ2v) is 3.35. The predicted octanol–water partition coefficient (Wildman–Crippen LogP) is 0.179. The van der Waals surface area contributed by atoms with Crippen molar-refractivity contribution in [3.8, 4) is 0 Å². The first-order valence-corrected chi connectivity index (χ1v) is 4.89. The first-order valence-electron chi connectivity index (χ1n) is 4.89. The van der Waals surface area contributed by atoms with Gasteiger partial charge < -0.3 is 16.2 Å². The molecular formula is C11H15ClN2O3. The lowest BCUT2D eigenvalue weighted by molar-refractivity contribution is -0.141. The van der Waals surface area contributed by atoms with Crippen molar-refractivity contribution in [1.82, 2.24) is 5.32 Å². The van der Waals surface area contributed by atoms with Gasteiger partial charge in [0.1, 0.15) is 6.04 Å². The molecule has 0 aliphatic rings. The number of aliphatic carboxylic acids is 1. The SMILES string of the molecule is Cl.NCC(=O)N[C@@H](Cc1ccccc1)C(=O)O. The van der Waals surface area contributed by atoms with Gasteiger partial charge in [-0.05, 0) is 5.56 Å². The monoisotopic (exact) mass is 258 g/mol. The van der Waals surface area contributed by atoms with Crippen molar-refractivity contribution in [2.45, 2.75) is 12.5 Å². The summed E-state index contributed by atoms with van der Waals surface area (Å²) < 4.78 is 0. The fourth-order valence-electron chi connectivity index (χ4n) is 1.30. The summed E-state index contributed by atoms with van der Waals surface area (Å²) in [6, 6.07) is 8.17. The normalized spacial score (nSPS) is 11.1. The third-order valence-electron chi connectivity index (χ3n) is 2.10. The minimum atomic E-state index is -1.06. The molecule has 1 amide bonds. The number of carbonyl (C=O) groups is 2. The molecule has 1 aromatic rings. The molecule has 4 N–H and O–H groups in total. The summed E-state index contributed by atoms with van der Waals surface area (Å²) in [6.45, 7) is -0.210. The number of nitrogens with two attached hydrogens (primary N) is 1. The molecule has 0 heterocycles. The van der Waals surface area contributed by atoms with Gasteiger partial charge in [-0.2, -0.15) is 0 Å². The van der Waals surface area contributed by atoms with E-state index in [9.17, 15) is 9.59 Å². The van der Waals surface area contributed by atoms with E-state index in [1.54, 1.807) is 0 Å². The van der Waals surface area contributed by atoms with Crippen molar-refractivity contribution in [3.05, 3.63) is 35.9 Å². The Bertz CT molecular complexity index is 370. The van der Waals surface area contributed by atoms with E-state index < -0.39 is 17.9 Å². The van der Waals surface area contributed by atoms with Crippen LogP contribution in [-0.4, -0.2) is 29.6 Å². The summed E-state index contributed by atoms with van der Waals surface area (Å²) in [6.07, 6.45) is 0.252. The molecule has 94 valence electrons. The zero-order valence-corrected chi connectivity index (χ0v) is 9.94. The molecule has 0 saturated carbocycles. The highest BCUT2D eigenvalue weighted by atomic mass is 35.5. The van der Waals surface area contributed by atoms with E-state index in [4.69, 9.17) is 10.8 Å². The Balaban J connectivity index is 0.00000256. The first-order chi connectivity index (χ1) is 7.63. The van der Waals surface area contributed by atoms with Gasteiger partial charge in [-0.3, -0.25) is 4.79 Å². The first kappa shape index (κ1) is 15.4. The van der Waals surface area contributed by atoms with E-state index in [1.807, 2.05) is 30.3 Å². The van der Waals surface area contributed by atoms with Gasteiger partial charge in [0.15, 0.2) is 0 Å². The van der Waals surface area contributed by atoms with Crippen LogP contribution in [0.2, 0.25) is 0 Å². The summed E-state index contributed by atoms with van der Waals surface area (Å²) in [4.78, 5) is 21.9. The molecule has 0 radical (unpaired) electrons. The molecule has 0 aliphatic carbocycles. The van der Waals surface area contributed by atoms with E-state index in [0.717, 1.165) is 5.56 Å². The molecule has 17 heavy (non-hydrogen) atoms. The maximum absolute atomic E-state index is 11.0. The van der Waals surface area contributed by atoms with Crippen LogP contribution in [0.4, 0.5) is 0 Å². The number of hydrogen-bond acceptors (Lipinski definition) is 3. The topological polar surface area (TPSA) is 92.4 Å². The molecule has 1 atom stereocenters. The van der Waals surface area contributed by atoms with Gasteiger partial charge in [0, 0.05) is 6.42 Å². The zero-order chi connectivity index (χ0) is 12.0. The average molecular weight is 259 g/mol. The average Bonchev–Trinajstić information content (AvgIpc) is 2.29. The van der Waals surface area contributed by atoms with Crippen LogP contribution in [0.1, 0.15) is 5.56 Å². The summed E-state index contributed by atoms with van der Waals surface area (Å²) in [5.41, 5.74) is 5.96. The van der Waals surface area contributed by atoms with Gasteiger partial charge in [0.2, 0.25) is 5.91 Å². The number of carboxylic acids is 1. The van der Waals surface area contributed by atoms with E-state index in [-0.39, 0.29) is 25.4 Å². The lowest BCUT2D eigenvalue weighted by atomic mass is 10.1. The van der Waals surface area contributed by atoms with Gasteiger partial charge in [0.25, 0.3) is 0 Å². The van der Waals surface area contributed by atoms with Crippen molar-refractivity contribution >= 4 is 24.3 Å². The highest BCUT2D eigenvalue weighted by molar-refractivity contribution is 5.85. The number of halogens is 1. The molecule has 1 rings (SSSR count). The van der Waals surface area contributed by atoms with E-state index in [2.05, 4.69) is 5.32 Å². The van der Waals surface area contributed by atoms with Crippen LogP contribution in [0, 0.1) is 0 Å². The molecule has 6 heteroatoms. The fourth-order valence-corrected chi connectivity index (χ4v) is 1.30. The smallest absolute Gasteiger partial charge is 0.326 e. The van der Waals surface area contributed by atoms with Crippen LogP contribution in [0.25, 0.3) is 0 Å². The summed E-state index contributed by atoms with van der Waals surface area (Å²) in [7, 11) is 0. The highest BCUT2D eigenvalue weighted by Gasteiger charge is 2.19. The van der Waals surface area contributed by atoms with Crippen LogP contribution in [0.3, 0.4) is 0 Å².